The quantitative estimate of drug-likeness (QED) is 0.375. The lowest BCUT2D eigenvalue weighted by Gasteiger charge is -2.46. The molecule has 0 amide bonds. The molecule has 0 bridgehead atoms. The van der Waals surface area contributed by atoms with Gasteiger partial charge < -0.3 is 9.64 Å². The highest BCUT2D eigenvalue weighted by Crippen LogP contribution is 2.46. The largest absolute Gasteiger partial charge is 0.380 e. The van der Waals surface area contributed by atoms with Crippen LogP contribution in [0.1, 0.15) is 36.9 Å². The van der Waals surface area contributed by atoms with Gasteiger partial charge in [0.1, 0.15) is 12.0 Å². The number of sulfonamides is 1. The van der Waals surface area contributed by atoms with E-state index in [9.17, 15) is 17.2 Å². The van der Waals surface area contributed by atoms with Crippen molar-refractivity contribution in [3.8, 4) is 5.69 Å². The van der Waals surface area contributed by atoms with Gasteiger partial charge in [-0.15, -0.1) is 0 Å². The first-order chi connectivity index (χ1) is 19.8. The number of piperidine rings is 1. The van der Waals surface area contributed by atoms with Gasteiger partial charge in [-0.1, -0.05) is 11.6 Å². The van der Waals surface area contributed by atoms with Crippen molar-refractivity contribution in [3.63, 3.8) is 0 Å². The second-order valence-electron chi connectivity index (χ2n) is 11.9. The van der Waals surface area contributed by atoms with Crippen molar-refractivity contribution in [1.29, 1.82) is 0 Å². The van der Waals surface area contributed by atoms with E-state index in [4.69, 9.17) is 4.74 Å². The van der Waals surface area contributed by atoms with E-state index < -0.39 is 21.6 Å². The maximum Gasteiger partial charge on any atom is 0.243 e. The van der Waals surface area contributed by atoms with Crippen molar-refractivity contribution in [2.24, 2.45) is 11.3 Å². The predicted octanol–water partition coefficient (Wildman–Crippen LogP) is 5.01. The summed E-state index contributed by atoms with van der Waals surface area (Å²) in [4.78, 5) is 2.15. The van der Waals surface area contributed by atoms with E-state index in [-0.39, 0.29) is 17.3 Å². The molecule has 216 valence electrons. The molecule has 3 heterocycles. The third-order valence-corrected chi connectivity index (χ3v) is 10.8. The molecule has 0 unspecified atom stereocenters. The highest BCUT2D eigenvalue weighted by molar-refractivity contribution is 7.89. The molecule has 2 aromatic carbocycles. The minimum absolute atomic E-state index is 0.236. The number of nitrogens with zero attached hydrogens (tertiary/aromatic N) is 4. The first-order valence-corrected chi connectivity index (χ1v) is 15.9. The SMILES string of the molecule is O=S(=O)(c1cccc(N2CC[C@@H](F)C2)c1)N1CCC2=Cc3c(cnn3-c3ccc(F)cc3)C[C@]2(COCC2CC2)C1. The first-order valence-electron chi connectivity index (χ1n) is 14.4. The second-order valence-corrected chi connectivity index (χ2v) is 13.9. The van der Waals surface area contributed by atoms with Gasteiger partial charge in [0.15, 0.2) is 0 Å². The Morgan fingerprint density at radius 1 is 1.05 bits per heavy atom. The number of rotatable bonds is 8. The zero-order valence-corrected chi connectivity index (χ0v) is 23.7. The summed E-state index contributed by atoms with van der Waals surface area (Å²) in [6, 6.07) is 13.2. The topological polar surface area (TPSA) is 67.7 Å². The van der Waals surface area contributed by atoms with Crippen molar-refractivity contribution >= 4 is 21.8 Å². The zero-order valence-electron chi connectivity index (χ0n) is 22.9. The molecule has 2 aliphatic heterocycles. The molecule has 4 aliphatic rings. The molecule has 41 heavy (non-hydrogen) atoms. The molecule has 1 saturated carbocycles. The van der Waals surface area contributed by atoms with E-state index in [0.717, 1.165) is 28.2 Å². The van der Waals surface area contributed by atoms with Gasteiger partial charge in [0.25, 0.3) is 0 Å². The number of fused-ring (bicyclic) bond motifs is 2. The molecular formula is C31H34F2N4O3S. The van der Waals surface area contributed by atoms with E-state index in [1.54, 1.807) is 34.6 Å². The molecule has 2 saturated heterocycles. The van der Waals surface area contributed by atoms with Crippen LogP contribution in [0.2, 0.25) is 0 Å². The Hall–Kier alpha value is -3.08. The fourth-order valence-corrected chi connectivity index (χ4v) is 8.03. The van der Waals surface area contributed by atoms with Crippen molar-refractivity contribution in [1.82, 2.24) is 14.1 Å². The Kier molecular flexibility index (Phi) is 6.75. The van der Waals surface area contributed by atoms with Gasteiger partial charge in [0.05, 0.1) is 29.1 Å². The molecule has 7 nitrogen and oxygen atoms in total. The molecule has 3 fully saturated rings. The summed E-state index contributed by atoms with van der Waals surface area (Å²) < 4.78 is 65.1. The van der Waals surface area contributed by atoms with Crippen LogP contribution >= 0.6 is 0 Å². The van der Waals surface area contributed by atoms with E-state index in [1.807, 2.05) is 21.8 Å². The molecule has 3 aromatic rings. The van der Waals surface area contributed by atoms with Crippen LogP contribution in [0, 0.1) is 17.2 Å². The third-order valence-electron chi connectivity index (χ3n) is 8.97. The van der Waals surface area contributed by atoms with Gasteiger partial charge >= 0.3 is 0 Å². The standard InChI is InChI=1S/C31H34F2N4O3S/c32-25-6-8-27(9-7-25)37-30-14-24-10-13-36(20-31(24,16-23(30)17-34-37)21-40-19-22-4-5-22)41(38,39)29-3-1-2-28(15-29)35-12-11-26(33)18-35/h1-3,6-9,14-15,17,22,26H,4-5,10-13,16,18-21H2/t26-,31-/m1/s1. The molecular weight excluding hydrogens is 546 g/mol. The lowest BCUT2D eigenvalue weighted by atomic mass is 9.69. The average molecular weight is 581 g/mol. The van der Waals surface area contributed by atoms with Crippen LogP contribution in [-0.2, 0) is 21.2 Å². The second kappa shape index (κ2) is 10.3. The van der Waals surface area contributed by atoms with E-state index in [2.05, 4.69) is 11.2 Å². The maximum atomic E-state index is 14.0. The summed E-state index contributed by atoms with van der Waals surface area (Å²) in [6.45, 7) is 2.67. The number of alkyl halides is 1. The number of anilines is 1. The number of ether oxygens (including phenoxy) is 1. The van der Waals surface area contributed by atoms with Crippen LogP contribution in [0.15, 0.2) is 65.2 Å². The molecule has 10 heteroatoms. The van der Waals surface area contributed by atoms with Crippen LogP contribution in [0.25, 0.3) is 11.8 Å². The maximum absolute atomic E-state index is 14.0. The van der Waals surface area contributed by atoms with Gasteiger partial charge in [0.2, 0.25) is 10.0 Å². The lowest BCUT2D eigenvalue weighted by Crippen LogP contribution is -2.51. The van der Waals surface area contributed by atoms with Crippen molar-refractivity contribution in [2.75, 3.05) is 44.3 Å². The van der Waals surface area contributed by atoms with Crippen LogP contribution in [0.3, 0.4) is 0 Å². The van der Waals surface area contributed by atoms with Crippen LogP contribution in [0.5, 0.6) is 0 Å². The molecule has 0 spiro atoms. The van der Waals surface area contributed by atoms with Gasteiger partial charge in [0, 0.05) is 43.9 Å². The minimum atomic E-state index is -3.79. The molecule has 0 radical (unpaired) electrons. The Bertz CT molecular complexity index is 1580. The van der Waals surface area contributed by atoms with Gasteiger partial charge in [-0.2, -0.15) is 9.40 Å². The van der Waals surface area contributed by atoms with E-state index in [0.29, 0.717) is 58.0 Å². The Balaban J connectivity index is 1.19. The number of hydrogen-bond donors (Lipinski definition) is 0. The average Bonchev–Trinajstić information content (AvgIpc) is 3.55. The molecule has 2 atom stereocenters. The zero-order chi connectivity index (χ0) is 28.2. The van der Waals surface area contributed by atoms with Crippen LogP contribution in [0.4, 0.5) is 14.5 Å². The summed E-state index contributed by atoms with van der Waals surface area (Å²) >= 11 is 0. The minimum Gasteiger partial charge on any atom is -0.380 e. The molecule has 1 aromatic heterocycles. The summed E-state index contributed by atoms with van der Waals surface area (Å²) in [6.07, 6.45) is 7.10. The molecule has 2 aliphatic carbocycles. The fraction of sp³-hybridized carbons (Fsp3) is 0.452. The monoisotopic (exact) mass is 580 g/mol. The third kappa shape index (κ3) is 5.10. The lowest BCUT2D eigenvalue weighted by molar-refractivity contribution is 0.0358. The smallest absolute Gasteiger partial charge is 0.243 e. The number of halogens is 2. The number of hydrogen-bond acceptors (Lipinski definition) is 5. The summed E-state index contributed by atoms with van der Waals surface area (Å²) in [7, 11) is -3.79. The van der Waals surface area contributed by atoms with Gasteiger partial charge in [-0.3, -0.25) is 0 Å². The van der Waals surface area contributed by atoms with E-state index in [1.165, 1.54) is 25.0 Å². The number of benzene rings is 2. The Labute approximate surface area is 239 Å². The summed E-state index contributed by atoms with van der Waals surface area (Å²) in [5, 5.41) is 4.62. The highest BCUT2D eigenvalue weighted by atomic mass is 32.2. The highest BCUT2D eigenvalue weighted by Gasteiger charge is 2.46. The Morgan fingerprint density at radius 2 is 1.88 bits per heavy atom. The fourth-order valence-electron chi connectivity index (χ4n) is 6.46. The van der Waals surface area contributed by atoms with Gasteiger partial charge in [-0.25, -0.2) is 21.9 Å². The number of aromatic nitrogens is 2. The molecule has 7 rings (SSSR count). The van der Waals surface area contributed by atoms with Gasteiger partial charge in [-0.05, 0) is 92.1 Å². The van der Waals surface area contributed by atoms with Crippen molar-refractivity contribution < 1.29 is 21.9 Å². The van der Waals surface area contributed by atoms with Crippen LogP contribution < -0.4 is 4.90 Å². The van der Waals surface area contributed by atoms with Crippen molar-refractivity contribution in [2.45, 2.75) is 43.2 Å². The van der Waals surface area contributed by atoms with E-state index >= 15 is 0 Å². The predicted molar refractivity (Wildman–Crippen MR) is 153 cm³/mol. The first kappa shape index (κ1) is 26.8. The Morgan fingerprint density at radius 3 is 2.63 bits per heavy atom. The molecule has 0 N–H and O–H groups in total. The van der Waals surface area contributed by atoms with Crippen molar-refractivity contribution in [3.05, 3.63) is 77.4 Å². The summed E-state index contributed by atoms with van der Waals surface area (Å²) in [5.41, 5.74) is 4.14. The summed E-state index contributed by atoms with van der Waals surface area (Å²) in [5.74, 6) is 0.297. The van der Waals surface area contributed by atoms with Crippen LogP contribution in [-0.4, -0.2) is 68.1 Å². The normalized spacial score (nSPS) is 24.7.